The molecule has 0 saturated heterocycles. The van der Waals surface area contributed by atoms with Crippen molar-refractivity contribution in [3.63, 3.8) is 0 Å². The molecule has 0 spiro atoms. The lowest BCUT2D eigenvalue weighted by atomic mass is 10.1. The number of ether oxygens (including phenoxy) is 3. The number of carbonyl (C=O) groups is 4. The Kier molecular flexibility index (Phi) is 23.7. The Morgan fingerprint density at radius 1 is 0.643 bits per heavy atom. The summed E-state index contributed by atoms with van der Waals surface area (Å²) in [5, 5.41) is 3.63. The molecule has 0 unspecified atom stereocenters. The maximum Gasteiger partial charge on any atom is 0.394 e. The summed E-state index contributed by atoms with van der Waals surface area (Å²) in [4.78, 5) is 61.4. The first-order valence-corrected chi connectivity index (χ1v) is 32.5. The van der Waals surface area contributed by atoms with Crippen LogP contribution in [-0.2, 0) is 67.1 Å². The third-order valence-corrected chi connectivity index (χ3v) is 18.9. The van der Waals surface area contributed by atoms with Gasteiger partial charge in [-0.2, -0.15) is 21.0 Å². The highest BCUT2D eigenvalue weighted by Gasteiger charge is 2.33. The highest BCUT2D eigenvalue weighted by molar-refractivity contribution is 7.93. The van der Waals surface area contributed by atoms with E-state index < -0.39 is 30.4 Å². The molecule has 0 fully saturated rings. The Balaban J connectivity index is 0.000000186. The van der Waals surface area contributed by atoms with Gasteiger partial charge in [0.1, 0.15) is 16.0 Å². The molecular formula is C56H59ClN6O15S6. The minimum Gasteiger partial charge on any atom is -0.465 e. The van der Waals surface area contributed by atoms with Crippen molar-refractivity contribution in [2.75, 3.05) is 59.1 Å². The molecular weight excluding hydrogens is 1220 g/mol. The summed E-state index contributed by atoms with van der Waals surface area (Å²) in [6, 6.07) is 22.5. The lowest BCUT2D eigenvalue weighted by Gasteiger charge is -2.24. The summed E-state index contributed by atoms with van der Waals surface area (Å²) in [7, 11) is -12.2. The minimum atomic E-state index is -4.67. The van der Waals surface area contributed by atoms with E-state index in [0.29, 0.717) is 70.4 Å². The van der Waals surface area contributed by atoms with E-state index >= 15 is 0 Å². The number of esters is 3. The number of aryl methyl sites for hydroxylation is 2. The van der Waals surface area contributed by atoms with Crippen LogP contribution in [0, 0.1) is 13.8 Å². The molecule has 0 atom stereocenters. The molecule has 0 bridgehead atoms. The topological polar surface area (TPSA) is 296 Å². The molecule has 446 valence electrons. The van der Waals surface area contributed by atoms with Crippen LogP contribution in [0.4, 0.5) is 17.1 Å². The first kappa shape index (κ1) is 66.1. The number of thiophene rings is 2. The largest absolute Gasteiger partial charge is 0.465 e. The van der Waals surface area contributed by atoms with Gasteiger partial charge in [-0.25, -0.2) is 26.4 Å². The van der Waals surface area contributed by atoms with Crippen LogP contribution in [0.2, 0.25) is 0 Å². The quantitative estimate of drug-likeness (QED) is 0.0308. The molecule has 0 radical (unpaired) electrons. The first-order valence-electron chi connectivity index (χ1n) is 25.6. The van der Waals surface area contributed by atoms with Crippen LogP contribution in [0.3, 0.4) is 0 Å². The van der Waals surface area contributed by atoms with E-state index in [1.165, 1.54) is 49.2 Å². The fourth-order valence-electron chi connectivity index (χ4n) is 8.36. The molecule has 28 heteroatoms. The standard InChI is InChI=1S/C21H20N2O4S2.C17H15ClN2O3S.C14H14N2O2S.C4H8O2S.H2O4S/c1-3-27-21(24)19-12-15-9-11-23(18-8-10-22-13-17(18)20(15)28-19)29(25,26)16-6-4-14(2)5-7-16;1-12-2-4-14(5-3-12)24(22,23)20-9-7-13(11-21)17(18)15-10-19-8-6-16(15)20;1-2-18-14(17)12-7-9-3-6-16-11-4-5-15-8-10(11)13(9)19-12;1-2-6-4(5)3-7;1-5(2,3)4/h4-8,10,12-13H,3,9,11H2,1-2H3;2-6,8,10-11H,7,9H2,1H3;4-5,7-8,16H,2-3,6H2,1H3;7H,2-3H2,1H3;(H2,1,2,3,4). The SMILES string of the molecule is CCOC(=O)CS.CCOC(=O)c1cc2c(s1)-c1cnccc1N(S(=O)(=O)c1ccc(C)cc1)CC2.CCOC(=O)c1cc2c(s1)-c1cnccc1NCC2.Cc1ccc(S(=O)(=O)N2CCC(C=O)=C(Cl)c3cnccc32)cc1.O=S(=O)(O)O. The molecule has 0 saturated carbocycles. The predicted molar refractivity (Wildman–Crippen MR) is 327 cm³/mol. The van der Waals surface area contributed by atoms with Crippen molar-refractivity contribution in [1.82, 2.24) is 15.0 Å². The van der Waals surface area contributed by atoms with Crippen molar-refractivity contribution < 1.29 is 67.7 Å². The highest BCUT2D eigenvalue weighted by Crippen LogP contribution is 2.44. The number of nitrogens with zero attached hydrogens (tertiary/aromatic N) is 5. The van der Waals surface area contributed by atoms with Gasteiger partial charge in [-0.05, 0) is 120 Å². The molecule has 3 N–H and O–H groups in total. The van der Waals surface area contributed by atoms with E-state index in [2.05, 4.69) is 37.6 Å². The Morgan fingerprint density at radius 3 is 1.54 bits per heavy atom. The summed E-state index contributed by atoms with van der Waals surface area (Å²) < 4.78 is 102. The average Bonchev–Trinajstić information content (AvgIpc) is 2.62. The van der Waals surface area contributed by atoms with Crippen molar-refractivity contribution in [3.05, 3.63) is 159 Å². The van der Waals surface area contributed by atoms with Gasteiger partial charge in [0, 0.05) is 94.5 Å². The number of aromatic nitrogens is 3. The number of aldehydes is 1. The number of thiol groups is 1. The van der Waals surface area contributed by atoms with Crippen LogP contribution in [-0.4, -0.2) is 119 Å². The summed E-state index contributed by atoms with van der Waals surface area (Å²) in [5.74, 6) is -0.682. The number of benzene rings is 2. The number of carbonyl (C=O) groups excluding carboxylic acids is 4. The molecule has 10 rings (SSSR count). The fraction of sp³-hybridized carbons (Fsp3) is 0.268. The van der Waals surface area contributed by atoms with E-state index in [4.69, 9.17) is 38.6 Å². The van der Waals surface area contributed by atoms with Gasteiger partial charge in [-0.15, -0.1) is 22.7 Å². The number of nitrogens with one attached hydrogen (secondary N) is 1. The van der Waals surface area contributed by atoms with Crippen LogP contribution in [0.5, 0.6) is 0 Å². The molecule has 0 amide bonds. The maximum absolute atomic E-state index is 13.4. The highest BCUT2D eigenvalue weighted by atomic mass is 35.5. The van der Waals surface area contributed by atoms with Crippen molar-refractivity contribution in [2.24, 2.45) is 0 Å². The summed E-state index contributed by atoms with van der Waals surface area (Å²) in [5.41, 5.74) is 8.73. The van der Waals surface area contributed by atoms with E-state index in [9.17, 15) is 36.0 Å². The van der Waals surface area contributed by atoms with Gasteiger partial charge in [-0.3, -0.25) is 42.3 Å². The van der Waals surface area contributed by atoms with E-state index in [0.717, 1.165) is 50.7 Å². The van der Waals surface area contributed by atoms with Gasteiger partial charge >= 0.3 is 28.3 Å². The second-order valence-corrected chi connectivity index (χ2v) is 25.3. The Labute approximate surface area is 505 Å². The van der Waals surface area contributed by atoms with Crippen molar-refractivity contribution in [3.8, 4) is 20.9 Å². The Bertz CT molecular complexity index is 3850. The van der Waals surface area contributed by atoms with E-state index in [1.807, 2.05) is 39.1 Å². The van der Waals surface area contributed by atoms with Crippen LogP contribution in [0.15, 0.2) is 131 Å². The number of hydrogen-bond acceptors (Lipinski definition) is 20. The number of hydrogen-bond donors (Lipinski definition) is 4. The lowest BCUT2D eigenvalue weighted by Crippen LogP contribution is -2.32. The van der Waals surface area contributed by atoms with Crippen LogP contribution in [0.1, 0.15) is 74.4 Å². The molecule has 5 aromatic heterocycles. The number of pyridine rings is 3. The molecule has 0 aliphatic carbocycles. The second kappa shape index (κ2) is 30.1. The molecule has 84 heavy (non-hydrogen) atoms. The van der Waals surface area contributed by atoms with Gasteiger partial charge in [0.25, 0.3) is 20.0 Å². The maximum atomic E-state index is 13.4. The Morgan fingerprint density at radius 2 is 1.07 bits per heavy atom. The molecule has 3 aliphatic rings. The Hall–Kier alpha value is -7.08. The smallest absolute Gasteiger partial charge is 0.394 e. The predicted octanol–water partition coefficient (Wildman–Crippen LogP) is 9.97. The van der Waals surface area contributed by atoms with Crippen molar-refractivity contribution in [2.45, 2.75) is 63.7 Å². The van der Waals surface area contributed by atoms with Gasteiger partial charge in [0.2, 0.25) is 0 Å². The van der Waals surface area contributed by atoms with Crippen molar-refractivity contribution >= 4 is 124 Å². The summed E-state index contributed by atoms with van der Waals surface area (Å²) in [6.45, 7) is 11.6. The number of halogens is 1. The zero-order chi connectivity index (χ0) is 61.4. The second-order valence-electron chi connectivity index (χ2n) is 17.9. The molecule has 2 aromatic carbocycles. The summed E-state index contributed by atoms with van der Waals surface area (Å²) in [6.07, 6.45) is 12.1. The zero-order valence-corrected chi connectivity index (χ0v) is 51.7. The number of anilines is 3. The number of rotatable bonds is 11. The third-order valence-electron chi connectivity index (χ3n) is 12.2. The third kappa shape index (κ3) is 17.1. The number of sulfonamides is 2. The first-order chi connectivity index (χ1) is 40.0. The molecule has 21 nitrogen and oxygen atoms in total. The fourth-order valence-corrected chi connectivity index (χ4v) is 14.0. The monoisotopic (exact) mass is 1280 g/mol. The van der Waals surface area contributed by atoms with Crippen LogP contribution < -0.4 is 13.9 Å². The van der Waals surface area contributed by atoms with Crippen molar-refractivity contribution in [1.29, 1.82) is 0 Å². The van der Waals surface area contributed by atoms with Gasteiger partial charge in [0.05, 0.1) is 51.8 Å². The van der Waals surface area contributed by atoms with Gasteiger partial charge < -0.3 is 19.5 Å². The van der Waals surface area contributed by atoms with E-state index in [1.54, 1.807) is 99.2 Å². The molecule has 3 aliphatic heterocycles. The van der Waals surface area contributed by atoms with Crippen LogP contribution >= 0.6 is 46.9 Å². The normalized spacial score (nSPS) is 13.2. The average molecular weight is 1280 g/mol. The zero-order valence-electron chi connectivity index (χ0n) is 45.9. The molecule has 8 heterocycles. The molecule has 7 aromatic rings. The van der Waals surface area contributed by atoms with E-state index in [-0.39, 0.29) is 58.0 Å². The summed E-state index contributed by atoms with van der Waals surface area (Å²) >= 11 is 12.8. The van der Waals surface area contributed by atoms with Crippen LogP contribution in [0.25, 0.3) is 25.9 Å². The van der Waals surface area contributed by atoms with Gasteiger partial charge in [-0.1, -0.05) is 47.0 Å². The van der Waals surface area contributed by atoms with Gasteiger partial charge in [0.15, 0.2) is 0 Å². The number of fused-ring (bicyclic) bond motifs is 7. The lowest BCUT2D eigenvalue weighted by molar-refractivity contribution is -0.139. The minimum absolute atomic E-state index is 0.136.